The lowest BCUT2D eigenvalue weighted by molar-refractivity contribution is 1.30. The van der Waals surface area contributed by atoms with Crippen molar-refractivity contribution < 1.29 is 0 Å². The molecule has 0 aliphatic heterocycles. The number of hydrogen-bond acceptors (Lipinski definition) is 3. The lowest BCUT2D eigenvalue weighted by Gasteiger charge is -2.27. The van der Waals surface area contributed by atoms with Crippen molar-refractivity contribution in [2.45, 2.75) is 0 Å². The number of fused-ring (bicyclic) bond motifs is 10. The van der Waals surface area contributed by atoms with Gasteiger partial charge in [0.25, 0.3) is 0 Å². The van der Waals surface area contributed by atoms with Crippen molar-refractivity contribution in [3.63, 3.8) is 0 Å². The molecule has 3 heteroatoms. The zero-order valence-corrected chi connectivity index (χ0v) is 30.3. The standard InChI is InChI=1S/C50H31NS2/c1-2-11-32(12-3-1)33-21-25-37(26-22-33)51(38-27-23-35(24-28-38)40-19-10-15-34-13-4-6-16-39(34)40)44-31-36-14-5-7-17-41(36)49-47(44)48-46(53-49)30-29-43-42-18-8-9-20-45(42)52-50(43)48/h1-31H. The molecule has 0 N–H and O–H groups in total. The van der Waals surface area contributed by atoms with Crippen LogP contribution in [0.4, 0.5) is 17.1 Å². The van der Waals surface area contributed by atoms with E-state index in [0.717, 1.165) is 11.4 Å². The van der Waals surface area contributed by atoms with E-state index >= 15 is 0 Å². The SMILES string of the molecule is c1ccc(-c2ccc(N(c3ccc(-c4cccc5ccccc45)cc3)c3cc4ccccc4c4sc5ccc6c7ccccc7sc6c5c34)cc2)cc1. The number of nitrogens with zero attached hydrogens (tertiary/aromatic N) is 1. The molecule has 0 saturated carbocycles. The lowest BCUT2D eigenvalue weighted by Crippen LogP contribution is -2.10. The minimum absolute atomic E-state index is 1.13. The van der Waals surface area contributed by atoms with Gasteiger partial charge in [-0.3, -0.25) is 0 Å². The summed E-state index contributed by atoms with van der Waals surface area (Å²) in [6.07, 6.45) is 0. The van der Waals surface area contributed by atoms with Crippen LogP contribution in [-0.4, -0.2) is 0 Å². The third-order valence-electron chi connectivity index (χ3n) is 10.7. The highest BCUT2D eigenvalue weighted by Gasteiger charge is 2.23. The molecule has 0 saturated heterocycles. The number of benzene rings is 9. The fourth-order valence-corrected chi connectivity index (χ4v) is 10.7. The first-order chi connectivity index (χ1) is 26.3. The summed E-state index contributed by atoms with van der Waals surface area (Å²) in [4.78, 5) is 2.48. The molecule has 1 nitrogen and oxygen atoms in total. The van der Waals surface area contributed by atoms with Gasteiger partial charge in [0, 0.05) is 51.7 Å². The summed E-state index contributed by atoms with van der Waals surface area (Å²) in [6, 6.07) is 69.0. The average Bonchev–Trinajstić information content (AvgIpc) is 3.81. The van der Waals surface area contributed by atoms with Crippen molar-refractivity contribution in [3.8, 4) is 22.3 Å². The lowest BCUT2D eigenvalue weighted by atomic mass is 9.97. The summed E-state index contributed by atoms with van der Waals surface area (Å²) in [5.74, 6) is 0. The molecule has 0 spiro atoms. The summed E-state index contributed by atoms with van der Waals surface area (Å²) < 4.78 is 5.34. The monoisotopic (exact) mass is 709 g/mol. The molecule has 0 fully saturated rings. The zero-order valence-electron chi connectivity index (χ0n) is 28.7. The van der Waals surface area contributed by atoms with Gasteiger partial charge in [-0.25, -0.2) is 0 Å². The van der Waals surface area contributed by atoms with Crippen molar-refractivity contribution in [1.29, 1.82) is 0 Å². The van der Waals surface area contributed by atoms with E-state index in [1.807, 2.05) is 22.7 Å². The maximum Gasteiger partial charge on any atom is 0.0561 e. The second-order valence-corrected chi connectivity index (χ2v) is 15.8. The van der Waals surface area contributed by atoms with E-state index in [-0.39, 0.29) is 0 Å². The molecule has 53 heavy (non-hydrogen) atoms. The third kappa shape index (κ3) is 4.89. The Morgan fingerprint density at radius 3 is 1.72 bits per heavy atom. The van der Waals surface area contributed by atoms with Crippen molar-refractivity contribution in [2.75, 3.05) is 4.90 Å². The molecule has 0 atom stereocenters. The van der Waals surface area contributed by atoms with Gasteiger partial charge in [-0.2, -0.15) is 0 Å². The molecule has 9 aromatic carbocycles. The second kappa shape index (κ2) is 12.2. The maximum absolute atomic E-state index is 2.48. The topological polar surface area (TPSA) is 3.24 Å². The van der Waals surface area contributed by atoms with Crippen LogP contribution in [-0.2, 0) is 0 Å². The van der Waals surface area contributed by atoms with Gasteiger partial charge in [-0.15, -0.1) is 22.7 Å². The summed E-state index contributed by atoms with van der Waals surface area (Å²) in [6.45, 7) is 0. The minimum Gasteiger partial charge on any atom is -0.310 e. The molecule has 248 valence electrons. The first-order valence-electron chi connectivity index (χ1n) is 18.0. The van der Waals surface area contributed by atoms with E-state index in [2.05, 4.69) is 193 Å². The highest BCUT2D eigenvalue weighted by molar-refractivity contribution is 7.30. The van der Waals surface area contributed by atoms with Crippen molar-refractivity contribution in [1.82, 2.24) is 0 Å². The summed E-state index contributed by atoms with van der Waals surface area (Å²) >= 11 is 3.83. The van der Waals surface area contributed by atoms with Gasteiger partial charge in [0.2, 0.25) is 0 Å². The van der Waals surface area contributed by atoms with E-state index in [1.165, 1.54) is 89.8 Å². The molecular formula is C50H31NS2. The largest absolute Gasteiger partial charge is 0.310 e. The van der Waals surface area contributed by atoms with E-state index in [1.54, 1.807) is 0 Å². The van der Waals surface area contributed by atoms with E-state index in [0.29, 0.717) is 0 Å². The van der Waals surface area contributed by atoms with Crippen LogP contribution in [0.2, 0.25) is 0 Å². The summed E-state index contributed by atoms with van der Waals surface area (Å²) in [5, 5.41) is 10.4. The van der Waals surface area contributed by atoms with Crippen LogP contribution in [0.1, 0.15) is 0 Å². The van der Waals surface area contributed by atoms with Crippen molar-refractivity contribution >= 4 is 102 Å². The fourth-order valence-electron chi connectivity index (χ4n) is 8.15. The predicted octanol–water partition coefficient (Wildman–Crippen LogP) is 15.5. The van der Waals surface area contributed by atoms with Gasteiger partial charge in [0.05, 0.1) is 5.69 Å². The number of thiophene rings is 2. The Bertz CT molecular complexity index is 3150. The van der Waals surface area contributed by atoms with Crippen molar-refractivity contribution in [2.24, 2.45) is 0 Å². The van der Waals surface area contributed by atoms with Gasteiger partial charge < -0.3 is 4.90 Å². The van der Waals surface area contributed by atoms with E-state index in [9.17, 15) is 0 Å². The van der Waals surface area contributed by atoms with Gasteiger partial charge in [0.15, 0.2) is 0 Å². The molecule has 0 aliphatic rings. The van der Waals surface area contributed by atoms with Gasteiger partial charge in [-0.05, 0) is 86.3 Å². The number of rotatable bonds is 5. The third-order valence-corrected chi connectivity index (χ3v) is 13.0. The molecule has 2 heterocycles. The molecule has 0 radical (unpaired) electrons. The van der Waals surface area contributed by atoms with Crippen LogP contribution in [0, 0.1) is 0 Å². The Labute approximate surface area is 315 Å². The molecule has 0 bridgehead atoms. The average molecular weight is 710 g/mol. The molecule has 11 aromatic rings. The molecule has 2 aromatic heterocycles. The van der Waals surface area contributed by atoms with Crippen LogP contribution in [0.15, 0.2) is 188 Å². The van der Waals surface area contributed by atoms with Crippen LogP contribution >= 0.6 is 22.7 Å². The Morgan fingerprint density at radius 1 is 0.340 bits per heavy atom. The molecule has 11 rings (SSSR count). The first kappa shape index (κ1) is 30.4. The number of hydrogen-bond donors (Lipinski definition) is 0. The Balaban J connectivity index is 1.19. The highest BCUT2D eigenvalue weighted by Crippen LogP contribution is 2.52. The molecular weight excluding hydrogens is 679 g/mol. The highest BCUT2D eigenvalue weighted by atomic mass is 32.1. The smallest absolute Gasteiger partial charge is 0.0561 e. The van der Waals surface area contributed by atoms with Crippen molar-refractivity contribution in [3.05, 3.63) is 188 Å². The summed E-state index contributed by atoms with van der Waals surface area (Å²) in [5.41, 5.74) is 8.33. The van der Waals surface area contributed by atoms with Gasteiger partial charge in [-0.1, -0.05) is 146 Å². The van der Waals surface area contributed by atoms with Crippen LogP contribution in [0.5, 0.6) is 0 Å². The van der Waals surface area contributed by atoms with Crippen LogP contribution < -0.4 is 4.90 Å². The molecule has 0 amide bonds. The molecule has 0 unspecified atom stereocenters. The Morgan fingerprint density at radius 2 is 0.925 bits per heavy atom. The molecule has 0 aliphatic carbocycles. The minimum atomic E-state index is 1.13. The maximum atomic E-state index is 2.48. The Hall–Kier alpha value is -6.26. The van der Waals surface area contributed by atoms with Crippen LogP contribution in [0.25, 0.3) is 84.1 Å². The fraction of sp³-hybridized carbons (Fsp3) is 0. The van der Waals surface area contributed by atoms with Gasteiger partial charge >= 0.3 is 0 Å². The summed E-state index contributed by atoms with van der Waals surface area (Å²) in [7, 11) is 0. The normalized spacial score (nSPS) is 11.8. The zero-order chi connectivity index (χ0) is 34.9. The van der Waals surface area contributed by atoms with E-state index in [4.69, 9.17) is 0 Å². The van der Waals surface area contributed by atoms with E-state index < -0.39 is 0 Å². The van der Waals surface area contributed by atoms with Crippen LogP contribution in [0.3, 0.4) is 0 Å². The quantitative estimate of drug-likeness (QED) is 0.172. The number of anilines is 3. The first-order valence-corrected chi connectivity index (χ1v) is 19.6. The van der Waals surface area contributed by atoms with Gasteiger partial charge in [0.1, 0.15) is 0 Å². The Kier molecular flexibility index (Phi) is 6.97. The predicted molar refractivity (Wildman–Crippen MR) is 233 cm³/mol. The second-order valence-electron chi connectivity index (χ2n) is 13.7.